The Morgan fingerprint density at radius 1 is 1.50 bits per heavy atom. The second-order valence-electron chi connectivity index (χ2n) is 3.19. The van der Waals surface area contributed by atoms with Gasteiger partial charge in [-0.1, -0.05) is 28.1 Å². The van der Waals surface area contributed by atoms with Crippen LogP contribution < -0.4 is 16.2 Å². The third-order valence-corrected chi connectivity index (χ3v) is 2.43. The summed E-state index contributed by atoms with van der Waals surface area (Å²) in [6, 6.07) is 5.50. The number of hydrogen-bond donors (Lipinski definition) is 2. The van der Waals surface area contributed by atoms with Gasteiger partial charge in [0, 0.05) is 16.9 Å². The second-order valence-corrected chi connectivity index (χ2v) is 4.11. The first kappa shape index (κ1) is 12.5. The summed E-state index contributed by atoms with van der Waals surface area (Å²) in [7, 11) is 0. The van der Waals surface area contributed by atoms with Crippen molar-refractivity contribution in [2.75, 3.05) is 0 Å². The molecular formula is C10H10BrN2O3-. The van der Waals surface area contributed by atoms with Crippen molar-refractivity contribution in [1.82, 2.24) is 5.32 Å². The molecule has 0 aliphatic heterocycles. The van der Waals surface area contributed by atoms with Gasteiger partial charge >= 0.3 is 6.03 Å². The van der Waals surface area contributed by atoms with E-state index in [1.54, 1.807) is 24.3 Å². The van der Waals surface area contributed by atoms with Crippen molar-refractivity contribution in [1.29, 1.82) is 0 Å². The SMILES string of the molecule is NC(=O)N[C@@H](CC(=O)[O-])c1cccc(Br)c1. The average Bonchev–Trinajstić information content (AvgIpc) is 2.15. The molecule has 0 bridgehead atoms. The molecule has 0 aliphatic carbocycles. The van der Waals surface area contributed by atoms with E-state index in [0.717, 1.165) is 4.47 Å². The summed E-state index contributed by atoms with van der Waals surface area (Å²) >= 11 is 3.26. The summed E-state index contributed by atoms with van der Waals surface area (Å²) in [5.41, 5.74) is 5.62. The average molecular weight is 286 g/mol. The number of carboxylic acids is 1. The van der Waals surface area contributed by atoms with Crippen LogP contribution in [0.25, 0.3) is 0 Å². The fraction of sp³-hybridized carbons (Fsp3) is 0.200. The van der Waals surface area contributed by atoms with Crippen molar-refractivity contribution in [2.45, 2.75) is 12.5 Å². The number of carbonyl (C=O) groups excluding carboxylic acids is 2. The minimum atomic E-state index is -1.25. The van der Waals surface area contributed by atoms with Gasteiger partial charge in [0.2, 0.25) is 0 Å². The van der Waals surface area contributed by atoms with E-state index in [4.69, 9.17) is 5.73 Å². The molecular weight excluding hydrogens is 276 g/mol. The summed E-state index contributed by atoms with van der Waals surface area (Å²) in [5.74, 6) is -1.25. The number of benzene rings is 1. The Kier molecular flexibility index (Phi) is 4.30. The number of nitrogens with one attached hydrogen (secondary N) is 1. The Bertz CT molecular complexity index is 393. The maximum Gasteiger partial charge on any atom is 0.312 e. The number of hydrogen-bond acceptors (Lipinski definition) is 3. The van der Waals surface area contributed by atoms with Crippen LogP contribution in [0, 0.1) is 0 Å². The van der Waals surface area contributed by atoms with Gasteiger partial charge < -0.3 is 21.0 Å². The molecule has 1 rings (SSSR count). The Morgan fingerprint density at radius 3 is 2.69 bits per heavy atom. The Balaban J connectivity index is 2.90. The zero-order valence-electron chi connectivity index (χ0n) is 8.27. The van der Waals surface area contributed by atoms with Gasteiger partial charge in [0.25, 0.3) is 0 Å². The number of halogens is 1. The van der Waals surface area contributed by atoms with Gasteiger partial charge in [-0.25, -0.2) is 4.79 Å². The third-order valence-electron chi connectivity index (χ3n) is 1.94. The third kappa shape index (κ3) is 3.90. The molecule has 2 amide bonds. The highest BCUT2D eigenvalue weighted by Gasteiger charge is 2.13. The number of urea groups is 1. The number of rotatable bonds is 4. The highest BCUT2D eigenvalue weighted by atomic mass is 79.9. The van der Waals surface area contributed by atoms with E-state index in [1.807, 2.05) is 0 Å². The van der Waals surface area contributed by atoms with Crippen LogP contribution in [-0.2, 0) is 4.79 Å². The molecule has 0 heterocycles. The van der Waals surface area contributed by atoms with Gasteiger partial charge in [-0.2, -0.15) is 0 Å². The predicted molar refractivity (Wildman–Crippen MR) is 59.2 cm³/mol. The smallest absolute Gasteiger partial charge is 0.312 e. The van der Waals surface area contributed by atoms with Crippen molar-refractivity contribution in [3.63, 3.8) is 0 Å². The summed E-state index contributed by atoms with van der Waals surface area (Å²) in [6.07, 6.45) is -0.320. The highest BCUT2D eigenvalue weighted by molar-refractivity contribution is 9.10. The number of nitrogens with two attached hydrogens (primary N) is 1. The van der Waals surface area contributed by atoms with Crippen molar-refractivity contribution in [3.8, 4) is 0 Å². The molecule has 0 saturated carbocycles. The van der Waals surface area contributed by atoms with Crippen molar-refractivity contribution in [3.05, 3.63) is 34.3 Å². The number of amides is 2. The van der Waals surface area contributed by atoms with Crippen LogP contribution in [0.1, 0.15) is 18.0 Å². The van der Waals surface area contributed by atoms with Gasteiger partial charge in [-0.3, -0.25) is 0 Å². The van der Waals surface area contributed by atoms with Crippen LogP contribution in [0.3, 0.4) is 0 Å². The molecule has 3 N–H and O–H groups in total. The molecule has 0 fully saturated rings. The predicted octanol–water partition coefficient (Wildman–Crippen LogP) is 0.299. The maximum atomic E-state index is 10.7. The molecule has 0 aliphatic rings. The van der Waals surface area contributed by atoms with Gasteiger partial charge in [0.1, 0.15) is 0 Å². The van der Waals surface area contributed by atoms with Crippen LogP contribution in [0.4, 0.5) is 4.79 Å². The number of primary amides is 1. The second kappa shape index (κ2) is 5.50. The van der Waals surface area contributed by atoms with Gasteiger partial charge in [-0.15, -0.1) is 0 Å². The van der Waals surface area contributed by atoms with Crippen molar-refractivity contribution in [2.24, 2.45) is 5.73 Å². The number of carboxylic acid groups (broad SMARTS) is 1. The zero-order chi connectivity index (χ0) is 12.1. The minimum Gasteiger partial charge on any atom is -0.550 e. The molecule has 0 spiro atoms. The minimum absolute atomic E-state index is 0.320. The lowest BCUT2D eigenvalue weighted by Gasteiger charge is -2.18. The molecule has 6 heteroatoms. The van der Waals surface area contributed by atoms with Gasteiger partial charge in [0.15, 0.2) is 0 Å². The standard InChI is InChI=1S/C10H11BrN2O3/c11-7-3-1-2-6(4-7)8(5-9(14)15)13-10(12)16/h1-4,8H,5H2,(H,14,15)(H3,12,13,16)/p-1/t8-/m0/s1. The molecule has 0 unspecified atom stereocenters. The molecule has 1 atom stereocenters. The maximum absolute atomic E-state index is 10.7. The fourth-order valence-corrected chi connectivity index (χ4v) is 1.73. The van der Waals surface area contributed by atoms with E-state index in [1.165, 1.54) is 0 Å². The number of carbonyl (C=O) groups is 2. The Morgan fingerprint density at radius 2 is 2.19 bits per heavy atom. The first-order valence-electron chi connectivity index (χ1n) is 4.50. The lowest BCUT2D eigenvalue weighted by molar-refractivity contribution is -0.306. The Hall–Kier alpha value is -1.56. The monoisotopic (exact) mass is 285 g/mol. The normalized spacial score (nSPS) is 11.8. The van der Waals surface area contributed by atoms with Crippen molar-refractivity contribution < 1.29 is 14.7 Å². The van der Waals surface area contributed by atoms with Crippen LogP contribution >= 0.6 is 15.9 Å². The molecule has 1 aromatic rings. The summed E-state index contributed by atoms with van der Waals surface area (Å²) in [4.78, 5) is 21.3. The van der Waals surface area contributed by atoms with E-state index in [9.17, 15) is 14.7 Å². The number of aliphatic carboxylic acids is 1. The van der Waals surface area contributed by atoms with E-state index in [-0.39, 0.29) is 6.42 Å². The molecule has 0 aromatic heterocycles. The first-order chi connectivity index (χ1) is 7.49. The summed E-state index contributed by atoms with van der Waals surface area (Å²) in [5, 5.41) is 12.9. The van der Waals surface area contributed by atoms with Crippen LogP contribution in [0.15, 0.2) is 28.7 Å². The van der Waals surface area contributed by atoms with E-state index in [2.05, 4.69) is 21.2 Å². The fourth-order valence-electron chi connectivity index (χ4n) is 1.31. The molecule has 0 radical (unpaired) electrons. The molecule has 0 saturated heterocycles. The molecule has 86 valence electrons. The van der Waals surface area contributed by atoms with E-state index < -0.39 is 18.0 Å². The lowest BCUT2D eigenvalue weighted by Crippen LogP contribution is -2.37. The van der Waals surface area contributed by atoms with E-state index >= 15 is 0 Å². The lowest BCUT2D eigenvalue weighted by atomic mass is 10.0. The summed E-state index contributed by atoms with van der Waals surface area (Å²) in [6.45, 7) is 0. The van der Waals surface area contributed by atoms with Gasteiger partial charge in [-0.05, 0) is 17.7 Å². The Labute approximate surface area is 101 Å². The first-order valence-corrected chi connectivity index (χ1v) is 5.29. The summed E-state index contributed by atoms with van der Waals surface area (Å²) < 4.78 is 0.791. The highest BCUT2D eigenvalue weighted by Crippen LogP contribution is 2.20. The van der Waals surface area contributed by atoms with E-state index in [0.29, 0.717) is 5.56 Å². The molecule has 16 heavy (non-hydrogen) atoms. The molecule has 1 aromatic carbocycles. The largest absolute Gasteiger partial charge is 0.550 e. The van der Waals surface area contributed by atoms with Crippen molar-refractivity contribution >= 4 is 27.9 Å². The van der Waals surface area contributed by atoms with Crippen LogP contribution in [0.2, 0.25) is 0 Å². The zero-order valence-corrected chi connectivity index (χ0v) is 9.86. The van der Waals surface area contributed by atoms with Gasteiger partial charge in [0.05, 0.1) is 6.04 Å². The van der Waals surface area contributed by atoms with Crippen LogP contribution in [0.5, 0.6) is 0 Å². The quantitative estimate of drug-likeness (QED) is 0.833. The molecule has 5 nitrogen and oxygen atoms in total. The topological polar surface area (TPSA) is 95.2 Å². The van der Waals surface area contributed by atoms with Crippen LogP contribution in [-0.4, -0.2) is 12.0 Å².